The van der Waals surface area contributed by atoms with E-state index in [2.05, 4.69) is 20.6 Å². The molecular formula is C22H18N4O3. The Kier molecular flexibility index (Phi) is 5.48. The molecule has 4 rings (SSSR count). The van der Waals surface area contributed by atoms with Crippen LogP contribution in [0.3, 0.4) is 0 Å². The van der Waals surface area contributed by atoms with Crippen LogP contribution in [0.25, 0.3) is 0 Å². The monoisotopic (exact) mass is 386 g/mol. The fourth-order valence-electron chi connectivity index (χ4n) is 2.61. The van der Waals surface area contributed by atoms with E-state index in [4.69, 9.17) is 9.15 Å². The lowest BCUT2D eigenvalue weighted by molar-refractivity contribution is 0.0943. The van der Waals surface area contributed by atoms with E-state index in [0.29, 0.717) is 28.9 Å². The number of ether oxygens (including phenoxy) is 1. The van der Waals surface area contributed by atoms with Crippen molar-refractivity contribution in [2.75, 3.05) is 5.32 Å². The number of nitrogens with zero attached hydrogens (tertiary/aromatic N) is 2. The van der Waals surface area contributed by atoms with Gasteiger partial charge in [0.25, 0.3) is 5.91 Å². The van der Waals surface area contributed by atoms with Crippen molar-refractivity contribution < 1.29 is 13.9 Å². The summed E-state index contributed by atoms with van der Waals surface area (Å²) < 4.78 is 11.1. The van der Waals surface area contributed by atoms with E-state index in [1.807, 2.05) is 54.6 Å². The van der Waals surface area contributed by atoms with Crippen molar-refractivity contribution in [1.82, 2.24) is 15.3 Å². The van der Waals surface area contributed by atoms with Gasteiger partial charge in [0.1, 0.15) is 17.2 Å². The highest BCUT2D eigenvalue weighted by Gasteiger charge is 2.11. The minimum atomic E-state index is -0.319. The first-order chi connectivity index (χ1) is 14.3. The second-order valence-electron chi connectivity index (χ2n) is 6.06. The van der Waals surface area contributed by atoms with E-state index in [9.17, 15) is 4.79 Å². The van der Waals surface area contributed by atoms with Crippen LogP contribution in [-0.4, -0.2) is 15.9 Å². The van der Waals surface area contributed by atoms with Crippen LogP contribution >= 0.6 is 0 Å². The van der Waals surface area contributed by atoms with Gasteiger partial charge in [-0.05, 0) is 42.5 Å². The van der Waals surface area contributed by atoms with Gasteiger partial charge in [0.15, 0.2) is 5.75 Å². The third-order valence-electron chi connectivity index (χ3n) is 4.00. The Morgan fingerprint density at radius 2 is 1.79 bits per heavy atom. The maximum Gasteiger partial charge on any atom is 0.270 e. The molecular weight excluding hydrogens is 368 g/mol. The standard InChI is InChI=1S/C22H18N4O3/c27-21(24-15-17-9-6-14-28-17)19-12-13-23-22(26-19)25-18-10-4-5-11-20(18)29-16-7-2-1-3-8-16/h1-14H,15H2,(H,24,27)(H,23,25,26). The molecule has 7 nitrogen and oxygen atoms in total. The van der Waals surface area contributed by atoms with Crippen molar-refractivity contribution in [3.05, 3.63) is 96.7 Å². The lowest BCUT2D eigenvalue weighted by atomic mass is 10.3. The molecule has 0 saturated carbocycles. The van der Waals surface area contributed by atoms with Crippen molar-refractivity contribution in [3.63, 3.8) is 0 Å². The predicted octanol–water partition coefficient (Wildman–Crippen LogP) is 4.54. The molecule has 4 aromatic rings. The van der Waals surface area contributed by atoms with Crippen molar-refractivity contribution >= 4 is 17.5 Å². The molecule has 29 heavy (non-hydrogen) atoms. The fraction of sp³-hybridized carbons (Fsp3) is 0.0455. The Hall–Kier alpha value is -4.13. The van der Waals surface area contributed by atoms with Gasteiger partial charge in [-0.15, -0.1) is 0 Å². The van der Waals surface area contributed by atoms with Gasteiger partial charge in [0.2, 0.25) is 5.95 Å². The number of benzene rings is 2. The van der Waals surface area contributed by atoms with E-state index in [-0.39, 0.29) is 18.1 Å². The number of carbonyl (C=O) groups excluding carboxylic acids is 1. The topological polar surface area (TPSA) is 89.3 Å². The Bertz CT molecular complexity index is 1080. The second-order valence-corrected chi connectivity index (χ2v) is 6.06. The van der Waals surface area contributed by atoms with E-state index in [0.717, 1.165) is 0 Å². The predicted molar refractivity (Wildman–Crippen MR) is 108 cm³/mol. The lowest BCUT2D eigenvalue weighted by Crippen LogP contribution is -2.24. The summed E-state index contributed by atoms with van der Waals surface area (Å²) in [6.45, 7) is 0.284. The third kappa shape index (κ3) is 4.78. The first-order valence-corrected chi connectivity index (χ1v) is 9.00. The molecule has 0 aliphatic carbocycles. The molecule has 0 bridgehead atoms. The number of aromatic nitrogens is 2. The lowest BCUT2D eigenvalue weighted by Gasteiger charge is -2.12. The van der Waals surface area contributed by atoms with E-state index in [1.165, 1.54) is 6.20 Å². The highest BCUT2D eigenvalue weighted by Crippen LogP contribution is 2.30. The Morgan fingerprint density at radius 3 is 2.62 bits per heavy atom. The van der Waals surface area contributed by atoms with Gasteiger partial charge in [-0.2, -0.15) is 0 Å². The van der Waals surface area contributed by atoms with Crippen molar-refractivity contribution in [1.29, 1.82) is 0 Å². The van der Waals surface area contributed by atoms with Crippen molar-refractivity contribution in [2.45, 2.75) is 6.54 Å². The summed E-state index contributed by atoms with van der Waals surface area (Å²) >= 11 is 0. The third-order valence-corrected chi connectivity index (χ3v) is 4.00. The van der Waals surface area contributed by atoms with Crippen LogP contribution in [0.4, 0.5) is 11.6 Å². The van der Waals surface area contributed by atoms with Crippen molar-refractivity contribution in [2.24, 2.45) is 0 Å². The highest BCUT2D eigenvalue weighted by molar-refractivity contribution is 5.92. The van der Waals surface area contributed by atoms with Crippen LogP contribution in [0.1, 0.15) is 16.2 Å². The summed E-state index contributed by atoms with van der Waals surface area (Å²) in [5.41, 5.74) is 0.931. The van der Waals surface area contributed by atoms with Gasteiger partial charge in [-0.3, -0.25) is 4.79 Å². The number of furan rings is 1. The van der Waals surface area contributed by atoms with E-state index >= 15 is 0 Å². The summed E-state index contributed by atoms with van der Waals surface area (Å²) in [6.07, 6.45) is 3.08. The average molecular weight is 386 g/mol. The number of amides is 1. The van der Waals surface area contributed by atoms with Gasteiger partial charge in [0, 0.05) is 6.20 Å². The molecule has 0 aliphatic heterocycles. The Balaban J connectivity index is 1.47. The fourth-order valence-corrected chi connectivity index (χ4v) is 2.61. The molecule has 1 amide bonds. The van der Waals surface area contributed by atoms with Crippen LogP contribution in [0.2, 0.25) is 0 Å². The highest BCUT2D eigenvalue weighted by atomic mass is 16.5. The molecule has 0 fully saturated rings. The minimum absolute atomic E-state index is 0.246. The molecule has 144 valence electrons. The van der Waals surface area contributed by atoms with Crippen LogP contribution < -0.4 is 15.4 Å². The number of rotatable bonds is 7. The zero-order valence-electron chi connectivity index (χ0n) is 15.4. The molecule has 0 radical (unpaired) electrons. The first kappa shape index (κ1) is 18.2. The molecule has 0 saturated heterocycles. The number of carbonyl (C=O) groups is 1. The quantitative estimate of drug-likeness (QED) is 0.485. The SMILES string of the molecule is O=C(NCc1ccco1)c1ccnc(Nc2ccccc2Oc2ccccc2)n1. The molecule has 2 aromatic carbocycles. The zero-order valence-corrected chi connectivity index (χ0v) is 15.4. The zero-order chi connectivity index (χ0) is 19.9. The van der Waals surface area contributed by atoms with E-state index in [1.54, 1.807) is 24.5 Å². The Labute approximate surface area is 167 Å². The molecule has 0 unspecified atom stereocenters. The molecule has 2 N–H and O–H groups in total. The van der Waals surface area contributed by atoms with Crippen LogP contribution in [0.15, 0.2) is 89.7 Å². The smallest absolute Gasteiger partial charge is 0.270 e. The normalized spacial score (nSPS) is 10.3. The summed E-state index contributed by atoms with van der Waals surface area (Å²) in [4.78, 5) is 20.9. The number of hydrogen-bond acceptors (Lipinski definition) is 6. The summed E-state index contributed by atoms with van der Waals surface area (Å²) in [5, 5.41) is 5.87. The van der Waals surface area contributed by atoms with Crippen LogP contribution in [0.5, 0.6) is 11.5 Å². The summed E-state index contributed by atoms with van der Waals surface area (Å²) in [7, 11) is 0. The summed E-state index contributed by atoms with van der Waals surface area (Å²) in [6, 6.07) is 22.0. The molecule has 0 atom stereocenters. The van der Waals surface area contributed by atoms with E-state index < -0.39 is 0 Å². The molecule has 2 heterocycles. The van der Waals surface area contributed by atoms with Gasteiger partial charge < -0.3 is 19.8 Å². The Morgan fingerprint density at radius 1 is 0.966 bits per heavy atom. The molecule has 2 aromatic heterocycles. The van der Waals surface area contributed by atoms with Gasteiger partial charge >= 0.3 is 0 Å². The first-order valence-electron chi connectivity index (χ1n) is 9.00. The minimum Gasteiger partial charge on any atom is -0.467 e. The second kappa shape index (κ2) is 8.71. The van der Waals surface area contributed by atoms with Gasteiger partial charge in [-0.1, -0.05) is 30.3 Å². The maximum atomic E-state index is 12.4. The van der Waals surface area contributed by atoms with Gasteiger partial charge in [-0.25, -0.2) is 9.97 Å². The molecule has 0 spiro atoms. The van der Waals surface area contributed by atoms with Crippen molar-refractivity contribution in [3.8, 4) is 11.5 Å². The van der Waals surface area contributed by atoms with Gasteiger partial charge in [0.05, 0.1) is 18.5 Å². The number of para-hydroxylation sites is 3. The van der Waals surface area contributed by atoms with Crippen LogP contribution in [-0.2, 0) is 6.54 Å². The number of nitrogens with one attached hydrogen (secondary N) is 2. The van der Waals surface area contributed by atoms with Crippen LogP contribution in [0, 0.1) is 0 Å². The summed E-state index contributed by atoms with van der Waals surface area (Å²) in [5.74, 6) is 1.97. The number of anilines is 2. The molecule has 7 heteroatoms. The largest absolute Gasteiger partial charge is 0.467 e. The molecule has 0 aliphatic rings. The average Bonchev–Trinajstić information content (AvgIpc) is 3.28. The maximum absolute atomic E-state index is 12.4. The number of hydrogen-bond donors (Lipinski definition) is 2.